The van der Waals surface area contributed by atoms with E-state index in [2.05, 4.69) is 34.3 Å². The van der Waals surface area contributed by atoms with Crippen molar-refractivity contribution >= 4 is 22.8 Å². The fourth-order valence-corrected chi connectivity index (χ4v) is 3.98. The Morgan fingerprint density at radius 1 is 1.39 bits per heavy atom. The SMILES string of the molecule is CCOC(=O)c1c[nH]c2nc(N3CCC(NC(C)c4ccccc4)C3)c(F)cc2c1=O. The minimum atomic E-state index is -0.740. The van der Waals surface area contributed by atoms with Gasteiger partial charge >= 0.3 is 5.97 Å². The summed E-state index contributed by atoms with van der Waals surface area (Å²) >= 11 is 0. The molecule has 1 aromatic carbocycles. The van der Waals surface area contributed by atoms with Gasteiger partial charge < -0.3 is 19.9 Å². The van der Waals surface area contributed by atoms with E-state index < -0.39 is 17.2 Å². The van der Waals surface area contributed by atoms with Crippen molar-refractivity contribution in [1.29, 1.82) is 0 Å². The lowest BCUT2D eigenvalue weighted by Crippen LogP contribution is -2.34. The monoisotopic (exact) mass is 424 g/mol. The lowest BCUT2D eigenvalue weighted by Gasteiger charge is -2.22. The molecule has 0 amide bonds. The van der Waals surface area contributed by atoms with Gasteiger partial charge in [0.15, 0.2) is 11.6 Å². The minimum absolute atomic E-state index is 0.0263. The number of hydrogen-bond acceptors (Lipinski definition) is 6. The summed E-state index contributed by atoms with van der Waals surface area (Å²) in [6, 6.07) is 11.7. The van der Waals surface area contributed by atoms with Crippen LogP contribution in [-0.4, -0.2) is 41.7 Å². The Bertz CT molecular complexity index is 1150. The number of anilines is 1. The van der Waals surface area contributed by atoms with Gasteiger partial charge in [-0.2, -0.15) is 0 Å². The fourth-order valence-electron chi connectivity index (χ4n) is 3.98. The molecule has 0 saturated carbocycles. The van der Waals surface area contributed by atoms with Crippen LogP contribution in [0.25, 0.3) is 11.0 Å². The Morgan fingerprint density at radius 2 is 2.16 bits per heavy atom. The standard InChI is InChI=1S/C23H25FN4O3/c1-3-31-23(30)18-12-25-21-17(20(18)29)11-19(24)22(27-21)28-10-9-16(13-28)26-14(2)15-7-5-4-6-8-15/h4-8,11-12,14,16,26H,3,9-10,13H2,1-2H3,(H,25,27,29). The van der Waals surface area contributed by atoms with Gasteiger partial charge in [0, 0.05) is 31.4 Å². The number of esters is 1. The van der Waals surface area contributed by atoms with E-state index in [9.17, 15) is 14.0 Å². The molecule has 3 aromatic rings. The van der Waals surface area contributed by atoms with E-state index in [1.807, 2.05) is 23.1 Å². The maximum atomic E-state index is 14.9. The number of ether oxygens (including phenoxy) is 1. The van der Waals surface area contributed by atoms with Crippen LogP contribution in [0.1, 0.15) is 42.2 Å². The number of carbonyl (C=O) groups is 1. The molecule has 0 bridgehead atoms. The van der Waals surface area contributed by atoms with Crippen molar-refractivity contribution in [2.24, 2.45) is 0 Å². The van der Waals surface area contributed by atoms with Crippen molar-refractivity contribution in [3.8, 4) is 0 Å². The third kappa shape index (κ3) is 4.29. The molecule has 2 N–H and O–H groups in total. The highest BCUT2D eigenvalue weighted by Crippen LogP contribution is 2.25. The molecule has 3 heterocycles. The first-order valence-corrected chi connectivity index (χ1v) is 10.4. The van der Waals surface area contributed by atoms with E-state index in [0.29, 0.717) is 13.1 Å². The summed E-state index contributed by atoms with van der Waals surface area (Å²) in [5.41, 5.74) is 0.681. The smallest absolute Gasteiger partial charge is 0.343 e. The lowest BCUT2D eigenvalue weighted by molar-refractivity contribution is 0.0524. The summed E-state index contributed by atoms with van der Waals surface area (Å²) in [5.74, 6) is -1.13. The second-order valence-electron chi connectivity index (χ2n) is 7.67. The van der Waals surface area contributed by atoms with Crippen molar-refractivity contribution in [2.75, 3.05) is 24.6 Å². The topological polar surface area (TPSA) is 87.3 Å². The maximum Gasteiger partial charge on any atom is 0.343 e. The van der Waals surface area contributed by atoms with Gasteiger partial charge in [0.25, 0.3) is 0 Å². The van der Waals surface area contributed by atoms with E-state index in [1.54, 1.807) is 6.92 Å². The molecule has 2 unspecified atom stereocenters. The van der Waals surface area contributed by atoms with Crippen LogP contribution >= 0.6 is 0 Å². The Kier molecular flexibility index (Phi) is 5.99. The maximum absolute atomic E-state index is 14.9. The molecule has 0 radical (unpaired) electrons. The Hall–Kier alpha value is -3.26. The molecule has 7 nitrogen and oxygen atoms in total. The highest BCUT2D eigenvalue weighted by molar-refractivity contribution is 5.93. The number of aromatic nitrogens is 2. The molecule has 1 saturated heterocycles. The van der Waals surface area contributed by atoms with Crippen molar-refractivity contribution in [3.63, 3.8) is 0 Å². The number of fused-ring (bicyclic) bond motifs is 1. The van der Waals surface area contributed by atoms with Crippen LogP contribution < -0.4 is 15.6 Å². The molecule has 1 aliphatic heterocycles. The van der Waals surface area contributed by atoms with Crippen LogP contribution in [0.2, 0.25) is 0 Å². The molecule has 4 rings (SSSR count). The molecule has 162 valence electrons. The number of rotatable bonds is 6. The first-order valence-electron chi connectivity index (χ1n) is 10.4. The first kappa shape index (κ1) is 21.0. The van der Waals surface area contributed by atoms with E-state index in [-0.39, 0.29) is 41.1 Å². The predicted octanol–water partition coefficient (Wildman–Crippen LogP) is 3.17. The second-order valence-corrected chi connectivity index (χ2v) is 7.67. The number of aromatic amines is 1. The summed E-state index contributed by atoms with van der Waals surface area (Å²) in [7, 11) is 0. The van der Waals surface area contributed by atoms with E-state index >= 15 is 0 Å². The van der Waals surface area contributed by atoms with Crippen molar-refractivity contribution in [2.45, 2.75) is 32.4 Å². The highest BCUT2D eigenvalue weighted by Gasteiger charge is 2.27. The molecule has 1 fully saturated rings. The van der Waals surface area contributed by atoms with Gasteiger partial charge in [-0.25, -0.2) is 14.2 Å². The average Bonchev–Trinajstić information content (AvgIpc) is 3.23. The van der Waals surface area contributed by atoms with Gasteiger partial charge in [0.2, 0.25) is 5.43 Å². The van der Waals surface area contributed by atoms with E-state index in [4.69, 9.17) is 4.74 Å². The molecular formula is C23H25FN4O3. The highest BCUT2D eigenvalue weighted by atomic mass is 19.1. The average molecular weight is 424 g/mol. The number of hydrogen-bond donors (Lipinski definition) is 2. The molecule has 2 atom stereocenters. The van der Waals surface area contributed by atoms with Gasteiger partial charge in [-0.3, -0.25) is 4.79 Å². The molecule has 2 aromatic heterocycles. The predicted molar refractivity (Wildman–Crippen MR) is 117 cm³/mol. The van der Waals surface area contributed by atoms with Gasteiger partial charge in [-0.15, -0.1) is 0 Å². The summed E-state index contributed by atoms with van der Waals surface area (Å²) in [6.45, 7) is 5.17. The van der Waals surface area contributed by atoms with Crippen molar-refractivity contribution in [3.05, 3.63) is 69.8 Å². The van der Waals surface area contributed by atoms with Crippen molar-refractivity contribution in [1.82, 2.24) is 15.3 Å². The lowest BCUT2D eigenvalue weighted by atomic mass is 10.1. The minimum Gasteiger partial charge on any atom is -0.462 e. The molecule has 31 heavy (non-hydrogen) atoms. The zero-order valence-corrected chi connectivity index (χ0v) is 17.5. The van der Waals surface area contributed by atoms with Gasteiger partial charge in [0.05, 0.1) is 12.0 Å². The third-order valence-corrected chi connectivity index (χ3v) is 5.57. The van der Waals surface area contributed by atoms with Gasteiger partial charge in [-0.1, -0.05) is 30.3 Å². The first-order chi connectivity index (χ1) is 15.0. The summed E-state index contributed by atoms with van der Waals surface area (Å²) in [6.07, 6.45) is 2.13. The summed E-state index contributed by atoms with van der Waals surface area (Å²) in [5, 5.41) is 3.62. The normalized spacial score (nSPS) is 17.1. The Labute approximate surface area is 179 Å². The van der Waals surface area contributed by atoms with Crippen molar-refractivity contribution < 1.29 is 13.9 Å². The zero-order valence-electron chi connectivity index (χ0n) is 17.5. The van der Waals surface area contributed by atoms with Crippen LogP contribution in [0.3, 0.4) is 0 Å². The van der Waals surface area contributed by atoms with Crippen LogP contribution in [0.4, 0.5) is 10.2 Å². The molecule has 8 heteroatoms. The van der Waals surface area contributed by atoms with Crippen LogP contribution in [0, 0.1) is 5.82 Å². The Morgan fingerprint density at radius 3 is 2.90 bits per heavy atom. The van der Waals surface area contributed by atoms with Gasteiger partial charge in [-0.05, 0) is 31.9 Å². The van der Waals surface area contributed by atoms with Crippen LogP contribution in [0.15, 0.2) is 47.4 Å². The number of nitrogens with one attached hydrogen (secondary N) is 2. The van der Waals surface area contributed by atoms with E-state index in [1.165, 1.54) is 11.8 Å². The van der Waals surface area contributed by atoms with Crippen LogP contribution in [0.5, 0.6) is 0 Å². The summed E-state index contributed by atoms with van der Waals surface area (Å²) < 4.78 is 19.8. The number of H-pyrrole nitrogens is 1. The molecule has 0 spiro atoms. The molecular weight excluding hydrogens is 399 g/mol. The van der Waals surface area contributed by atoms with E-state index in [0.717, 1.165) is 12.5 Å². The number of carbonyl (C=O) groups excluding carboxylic acids is 1. The number of nitrogens with zero attached hydrogens (tertiary/aromatic N) is 2. The fraction of sp³-hybridized carbons (Fsp3) is 0.348. The quantitative estimate of drug-likeness (QED) is 0.591. The second kappa shape index (κ2) is 8.85. The molecule has 1 aliphatic rings. The summed E-state index contributed by atoms with van der Waals surface area (Å²) in [4.78, 5) is 33.6. The Balaban J connectivity index is 1.53. The van der Waals surface area contributed by atoms with Crippen LogP contribution in [-0.2, 0) is 4.74 Å². The number of pyridine rings is 2. The zero-order chi connectivity index (χ0) is 22.0. The largest absolute Gasteiger partial charge is 0.462 e. The van der Waals surface area contributed by atoms with Gasteiger partial charge in [0.1, 0.15) is 11.2 Å². The third-order valence-electron chi connectivity index (χ3n) is 5.57. The molecule has 0 aliphatic carbocycles. The number of benzene rings is 1. The number of halogens is 1.